The minimum atomic E-state index is -1.15. The Bertz CT molecular complexity index is 661. The van der Waals surface area contributed by atoms with Crippen molar-refractivity contribution >= 4 is 23.6 Å². The molecule has 136 valence electrons. The second-order valence-corrected chi connectivity index (χ2v) is 6.11. The third kappa shape index (κ3) is 5.76. The minimum absolute atomic E-state index is 0. The van der Waals surface area contributed by atoms with E-state index in [0.717, 1.165) is 18.4 Å². The third-order valence-corrected chi connectivity index (χ3v) is 4.51. The van der Waals surface area contributed by atoms with Crippen LogP contribution >= 0.6 is 0 Å². The summed E-state index contributed by atoms with van der Waals surface area (Å²) in [6, 6.07) is 8.38. The molecule has 0 radical (unpaired) electrons. The van der Waals surface area contributed by atoms with Gasteiger partial charge in [0.05, 0.1) is 6.02 Å². The Kier molecular flexibility index (Phi) is 10.6. The number of hydrogen-bond acceptors (Lipinski definition) is 4. The molecule has 1 N–H and O–H groups in total. The van der Waals surface area contributed by atoms with Gasteiger partial charge >= 0.3 is 29.6 Å². The smallest absolute Gasteiger partial charge is 0.846 e. The second kappa shape index (κ2) is 11.3. The Balaban J connectivity index is 0.000000532. The van der Waals surface area contributed by atoms with Gasteiger partial charge in [-0.05, 0) is 25.7 Å². The molecule has 1 aliphatic heterocycles. The van der Waals surface area contributed by atoms with Crippen LogP contribution in [0.15, 0.2) is 35.3 Å². The van der Waals surface area contributed by atoms with Crippen LogP contribution in [0, 0.1) is 11.3 Å². The van der Waals surface area contributed by atoms with Crippen molar-refractivity contribution in [3.8, 4) is 0 Å². The summed E-state index contributed by atoms with van der Waals surface area (Å²) in [5.74, 6) is -1.08. The SMILES string of the molecule is CC(=O)c1ccccc1.CCCC(C)C1(CC)C(=O)N=C([O-])NC1=O.[Na+]. The van der Waals surface area contributed by atoms with Crippen LogP contribution in [0.5, 0.6) is 0 Å². The average Bonchev–Trinajstić information content (AvgIpc) is 2.56. The zero-order chi connectivity index (χ0) is 19.0. The van der Waals surface area contributed by atoms with Crippen LogP contribution in [0.3, 0.4) is 0 Å². The maximum absolute atomic E-state index is 11.9. The molecule has 0 bridgehead atoms. The van der Waals surface area contributed by atoms with Gasteiger partial charge in [-0.15, -0.1) is 0 Å². The number of carbonyl (C=O) groups excluding carboxylic acids is 3. The zero-order valence-electron chi connectivity index (χ0n) is 16.2. The minimum Gasteiger partial charge on any atom is -0.846 e. The van der Waals surface area contributed by atoms with E-state index in [2.05, 4.69) is 10.3 Å². The molecular formula is C19H25N2NaO4. The number of aliphatic imine (C=N–C) groups is 1. The fourth-order valence-corrected chi connectivity index (χ4v) is 2.97. The van der Waals surface area contributed by atoms with Crippen molar-refractivity contribution in [2.24, 2.45) is 16.3 Å². The van der Waals surface area contributed by atoms with Gasteiger partial charge in [-0.25, -0.2) is 4.99 Å². The van der Waals surface area contributed by atoms with Crippen LogP contribution in [0.4, 0.5) is 0 Å². The summed E-state index contributed by atoms with van der Waals surface area (Å²) in [6.07, 6.45) is 2.02. The van der Waals surface area contributed by atoms with Gasteiger partial charge in [0.1, 0.15) is 5.41 Å². The van der Waals surface area contributed by atoms with Crippen LogP contribution < -0.4 is 40.0 Å². The van der Waals surface area contributed by atoms with Gasteiger partial charge in [0.25, 0.3) is 5.91 Å². The Morgan fingerprint density at radius 1 is 1.23 bits per heavy atom. The number of ketones is 1. The fourth-order valence-electron chi connectivity index (χ4n) is 2.97. The molecule has 0 aromatic heterocycles. The van der Waals surface area contributed by atoms with Crippen molar-refractivity contribution in [3.63, 3.8) is 0 Å². The van der Waals surface area contributed by atoms with Crippen LogP contribution in [-0.2, 0) is 9.59 Å². The van der Waals surface area contributed by atoms with E-state index in [1.54, 1.807) is 13.8 Å². The molecule has 6 nitrogen and oxygen atoms in total. The fraction of sp³-hybridized carbons (Fsp3) is 0.474. The molecule has 0 spiro atoms. The molecule has 26 heavy (non-hydrogen) atoms. The molecule has 2 amide bonds. The number of amides is 2. The number of Topliss-reactive ketones (excluding diaryl/α,β-unsaturated/α-hetero) is 1. The summed E-state index contributed by atoms with van der Waals surface area (Å²) < 4.78 is 0. The molecule has 2 atom stereocenters. The molecule has 2 unspecified atom stereocenters. The summed E-state index contributed by atoms with van der Waals surface area (Å²) in [5, 5.41) is 13.1. The monoisotopic (exact) mass is 368 g/mol. The maximum atomic E-state index is 11.9. The van der Waals surface area contributed by atoms with Gasteiger partial charge in [-0.3, -0.25) is 14.4 Å². The molecular weight excluding hydrogens is 343 g/mol. The van der Waals surface area contributed by atoms with Gasteiger partial charge in [-0.2, -0.15) is 0 Å². The van der Waals surface area contributed by atoms with E-state index in [0.29, 0.717) is 6.42 Å². The molecule has 1 aromatic rings. The molecule has 0 saturated carbocycles. The Morgan fingerprint density at radius 2 is 1.81 bits per heavy atom. The normalized spacial score (nSPS) is 19.9. The number of carbonyl (C=O) groups is 3. The van der Waals surface area contributed by atoms with Crippen LogP contribution in [0.2, 0.25) is 0 Å². The van der Waals surface area contributed by atoms with Gasteiger partial charge in [-0.1, -0.05) is 57.5 Å². The van der Waals surface area contributed by atoms with Crippen LogP contribution in [0.1, 0.15) is 57.3 Å². The first kappa shape index (κ1) is 24.5. The van der Waals surface area contributed by atoms with Crippen molar-refractivity contribution in [1.82, 2.24) is 5.32 Å². The van der Waals surface area contributed by atoms with Gasteiger partial charge < -0.3 is 10.4 Å². The number of rotatable bonds is 5. The van der Waals surface area contributed by atoms with E-state index in [4.69, 9.17) is 0 Å². The number of amidine groups is 1. The quantitative estimate of drug-likeness (QED) is 0.413. The molecule has 7 heteroatoms. The van der Waals surface area contributed by atoms with E-state index in [1.165, 1.54) is 0 Å². The number of nitrogens with zero attached hydrogens (tertiary/aromatic N) is 1. The van der Waals surface area contributed by atoms with E-state index >= 15 is 0 Å². The first-order chi connectivity index (χ1) is 11.8. The molecule has 0 fully saturated rings. The number of hydrogen-bond donors (Lipinski definition) is 1. The van der Waals surface area contributed by atoms with Gasteiger partial charge in [0.15, 0.2) is 5.78 Å². The van der Waals surface area contributed by atoms with Gasteiger partial charge in [0.2, 0.25) is 5.91 Å². The standard InChI is InChI=1S/C11H18N2O3.C8H8O.Na/c1-4-6-7(3)11(5-2)8(14)12-10(16)13-9(11)15;1-7(9)8-5-3-2-4-6-8;/h7H,4-6H2,1-3H3,(H2,12,13,14,15,16);2-6H,1H3;/q;;+1/p-1. The van der Waals surface area contributed by atoms with E-state index < -0.39 is 23.3 Å². The van der Waals surface area contributed by atoms with Crippen molar-refractivity contribution in [3.05, 3.63) is 35.9 Å². The molecule has 1 heterocycles. The first-order valence-electron chi connectivity index (χ1n) is 8.47. The van der Waals surface area contributed by atoms with Crippen molar-refractivity contribution in [2.75, 3.05) is 0 Å². The largest absolute Gasteiger partial charge is 1.00 e. The Hall–Kier alpha value is -1.50. The summed E-state index contributed by atoms with van der Waals surface area (Å²) in [5.41, 5.74) is -0.373. The van der Waals surface area contributed by atoms with Crippen molar-refractivity contribution in [2.45, 2.75) is 47.0 Å². The zero-order valence-corrected chi connectivity index (χ0v) is 18.2. The van der Waals surface area contributed by atoms with Crippen LogP contribution in [-0.4, -0.2) is 23.6 Å². The predicted octanol–water partition coefficient (Wildman–Crippen LogP) is -0.915. The summed E-state index contributed by atoms with van der Waals surface area (Å²) >= 11 is 0. The number of nitrogens with one attached hydrogen (secondary N) is 1. The molecule has 1 aliphatic rings. The van der Waals surface area contributed by atoms with Crippen LogP contribution in [0.25, 0.3) is 0 Å². The maximum Gasteiger partial charge on any atom is 1.00 e. The topological polar surface area (TPSA) is 98.7 Å². The molecule has 1 aromatic carbocycles. The van der Waals surface area contributed by atoms with E-state index in [9.17, 15) is 19.5 Å². The van der Waals surface area contributed by atoms with Crippen molar-refractivity contribution < 1.29 is 49.0 Å². The predicted molar refractivity (Wildman–Crippen MR) is 93.8 cm³/mol. The van der Waals surface area contributed by atoms with Crippen molar-refractivity contribution in [1.29, 1.82) is 0 Å². The van der Waals surface area contributed by atoms with Gasteiger partial charge in [0, 0.05) is 5.56 Å². The average molecular weight is 368 g/mol. The van der Waals surface area contributed by atoms with E-state index in [1.807, 2.05) is 44.2 Å². The van der Waals surface area contributed by atoms with E-state index in [-0.39, 0.29) is 41.3 Å². The number of benzene rings is 1. The second-order valence-electron chi connectivity index (χ2n) is 6.11. The summed E-state index contributed by atoms with van der Waals surface area (Å²) in [6.45, 7) is 7.19. The summed E-state index contributed by atoms with van der Waals surface area (Å²) in [4.78, 5) is 37.7. The third-order valence-electron chi connectivity index (χ3n) is 4.51. The molecule has 0 saturated heterocycles. The molecule has 0 aliphatic carbocycles. The first-order valence-corrected chi connectivity index (χ1v) is 8.47. The molecule has 2 rings (SSSR count). The Labute approximate surface area is 176 Å². The Morgan fingerprint density at radius 3 is 2.19 bits per heavy atom. The summed E-state index contributed by atoms with van der Waals surface area (Å²) in [7, 11) is 0.